The predicted octanol–water partition coefficient (Wildman–Crippen LogP) is 3.25. The molecule has 2 aliphatic carbocycles. The number of nitrogens with one attached hydrogen (secondary N) is 3. The lowest BCUT2D eigenvalue weighted by atomic mass is 9.77. The molecule has 32 heavy (non-hydrogen) atoms. The summed E-state index contributed by atoms with van der Waals surface area (Å²) in [7, 11) is -4.07. The molecule has 178 valence electrons. The van der Waals surface area contributed by atoms with Gasteiger partial charge in [-0.25, -0.2) is 22.7 Å². The number of carbonyl (C=O) groups excluding carboxylic acids is 1. The Morgan fingerprint density at radius 1 is 1.00 bits per heavy atom. The molecule has 4 N–H and O–H groups in total. The van der Waals surface area contributed by atoms with E-state index >= 15 is 0 Å². The summed E-state index contributed by atoms with van der Waals surface area (Å²) < 4.78 is 52.3. The SMILES string of the molecule is O=C(NO)C1(S(=O)(=O)c2ccc(NC3CCC(F)(F)CC3)cc2)CCC2(CCNCC2)C1. The Morgan fingerprint density at radius 2 is 1.62 bits per heavy atom. The minimum atomic E-state index is -4.07. The van der Waals surface area contributed by atoms with Crippen molar-refractivity contribution in [2.24, 2.45) is 5.41 Å². The lowest BCUT2D eigenvalue weighted by molar-refractivity contribution is -0.132. The Labute approximate surface area is 187 Å². The molecule has 10 heteroatoms. The maximum absolute atomic E-state index is 13.7. The van der Waals surface area contributed by atoms with Crippen molar-refractivity contribution in [2.45, 2.75) is 79.4 Å². The fraction of sp³-hybridized carbons (Fsp3) is 0.682. The summed E-state index contributed by atoms with van der Waals surface area (Å²) in [6.07, 6.45) is 2.95. The molecule has 1 saturated heterocycles. The van der Waals surface area contributed by atoms with Crippen LogP contribution in [0.5, 0.6) is 0 Å². The molecule has 1 amide bonds. The van der Waals surface area contributed by atoms with Crippen molar-refractivity contribution in [1.29, 1.82) is 0 Å². The third kappa shape index (κ3) is 4.24. The number of hydrogen-bond donors (Lipinski definition) is 4. The van der Waals surface area contributed by atoms with E-state index in [4.69, 9.17) is 0 Å². The number of hydrogen-bond acceptors (Lipinski definition) is 6. The van der Waals surface area contributed by atoms with Gasteiger partial charge in [-0.2, -0.15) is 0 Å². The molecule has 1 aromatic rings. The van der Waals surface area contributed by atoms with E-state index in [1.807, 2.05) is 0 Å². The van der Waals surface area contributed by atoms with E-state index in [1.54, 1.807) is 17.6 Å². The normalized spacial score (nSPS) is 27.8. The highest BCUT2D eigenvalue weighted by molar-refractivity contribution is 7.93. The van der Waals surface area contributed by atoms with Crippen LogP contribution in [-0.4, -0.2) is 49.3 Å². The minimum Gasteiger partial charge on any atom is -0.382 e. The number of carbonyl (C=O) groups is 1. The molecule has 1 heterocycles. The van der Waals surface area contributed by atoms with Crippen molar-refractivity contribution < 1.29 is 27.2 Å². The zero-order valence-electron chi connectivity index (χ0n) is 18.0. The Morgan fingerprint density at radius 3 is 2.22 bits per heavy atom. The van der Waals surface area contributed by atoms with Crippen LogP contribution in [0.25, 0.3) is 0 Å². The van der Waals surface area contributed by atoms with Gasteiger partial charge in [0.25, 0.3) is 5.91 Å². The Bertz CT molecular complexity index is 938. The van der Waals surface area contributed by atoms with Crippen LogP contribution in [0.1, 0.15) is 57.8 Å². The predicted molar refractivity (Wildman–Crippen MR) is 116 cm³/mol. The molecule has 0 radical (unpaired) electrons. The topological polar surface area (TPSA) is 108 Å². The van der Waals surface area contributed by atoms with Crippen molar-refractivity contribution in [3.05, 3.63) is 24.3 Å². The highest BCUT2D eigenvalue weighted by atomic mass is 32.2. The van der Waals surface area contributed by atoms with Crippen molar-refractivity contribution in [2.75, 3.05) is 18.4 Å². The van der Waals surface area contributed by atoms with Gasteiger partial charge in [0.05, 0.1) is 4.90 Å². The van der Waals surface area contributed by atoms with E-state index in [0.29, 0.717) is 24.9 Å². The van der Waals surface area contributed by atoms with E-state index in [2.05, 4.69) is 10.6 Å². The molecule has 1 aliphatic heterocycles. The first-order chi connectivity index (χ1) is 15.1. The largest absolute Gasteiger partial charge is 0.382 e. The summed E-state index contributed by atoms with van der Waals surface area (Å²) in [6.45, 7) is 1.56. The lowest BCUT2D eigenvalue weighted by Gasteiger charge is -2.36. The number of amides is 1. The Balaban J connectivity index is 1.54. The van der Waals surface area contributed by atoms with Crippen LogP contribution < -0.4 is 16.1 Å². The fourth-order valence-electron chi connectivity index (χ4n) is 5.66. The minimum absolute atomic E-state index is 0.0211. The first-order valence-corrected chi connectivity index (χ1v) is 12.7. The van der Waals surface area contributed by atoms with Crippen LogP contribution >= 0.6 is 0 Å². The summed E-state index contributed by atoms with van der Waals surface area (Å²) in [5, 5.41) is 15.9. The number of benzene rings is 1. The second kappa shape index (κ2) is 8.53. The number of halogens is 2. The highest BCUT2D eigenvalue weighted by Crippen LogP contribution is 2.54. The van der Waals surface area contributed by atoms with Crippen LogP contribution in [0.2, 0.25) is 0 Å². The van der Waals surface area contributed by atoms with Gasteiger partial charge in [0.1, 0.15) is 0 Å². The van der Waals surface area contributed by atoms with Crippen LogP contribution in [-0.2, 0) is 14.6 Å². The number of anilines is 1. The molecule has 3 aliphatic rings. The second-order valence-corrected chi connectivity index (χ2v) is 11.9. The van der Waals surface area contributed by atoms with Gasteiger partial charge < -0.3 is 10.6 Å². The second-order valence-electron chi connectivity index (χ2n) is 9.66. The van der Waals surface area contributed by atoms with Crippen LogP contribution in [0.4, 0.5) is 14.5 Å². The smallest absolute Gasteiger partial charge is 0.265 e. The van der Waals surface area contributed by atoms with Gasteiger partial charge in [-0.15, -0.1) is 0 Å². The molecule has 4 rings (SSSR count). The van der Waals surface area contributed by atoms with E-state index in [1.165, 1.54) is 12.1 Å². The summed E-state index contributed by atoms with van der Waals surface area (Å²) >= 11 is 0. The highest BCUT2D eigenvalue weighted by Gasteiger charge is 2.60. The molecule has 3 fully saturated rings. The third-order valence-electron chi connectivity index (χ3n) is 7.67. The van der Waals surface area contributed by atoms with E-state index in [9.17, 15) is 27.2 Å². The summed E-state index contributed by atoms with van der Waals surface area (Å²) in [6, 6.07) is 6.04. The molecule has 2 saturated carbocycles. The van der Waals surface area contributed by atoms with E-state index in [0.717, 1.165) is 25.9 Å². The van der Waals surface area contributed by atoms with Crippen molar-refractivity contribution >= 4 is 21.4 Å². The van der Waals surface area contributed by atoms with Crippen molar-refractivity contribution in [3.63, 3.8) is 0 Å². The van der Waals surface area contributed by atoms with Gasteiger partial charge in [0.15, 0.2) is 14.6 Å². The summed E-state index contributed by atoms with van der Waals surface area (Å²) in [4.78, 5) is 12.8. The average Bonchev–Trinajstić information content (AvgIpc) is 3.16. The third-order valence-corrected chi connectivity index (χ3v) is 10.1. The van der Waals surface area contributed by atoms with E-state index in [-0.39, 0.29) is 42.0 Å². The Kier molecular flexibility index (Phi) is 6.23. The number of sulfone groups is 1. The van der Waals surface area contributed by atoms with E-state index < -0.39 is 26.4 Å². The quantitative estimate of drug-likeness (QED) is 0.388. The van der Waals surface area contributed by atoms with Gasteiger partial charge in [-0.3, -0.25) is 10.0 Å². The molecule has 1 atom stereocenters. The fourth-order valence-corrected chi connectivity index (χ4v) is 7.76. The number of piperidine rings is 1. The molecule has 1 spiro atoms. The first kappa shape index (κ1) is 23.4. The van der Waals surface area contributed by atoms with Gasteiger partial charge in [0.2, 0.25) is 5.92 Å². The van der Waals surface area contributed by atoms with Crippen molar-refractivity contribution in [3.8, 4) is 0 Å². The lowest BCUT2D eigenvalue weighted by Crippen LogP contribution is -2.51. The zero-order chi connectivity index (χ0) is 23.0. The molecule has 1 unspecified atom stereocenters. The summed E-state index contributed by atoms with van der Waals surface area (Å²) in [5.74, 6) is -3.48. The maximum Gasteiger partial charge on any atom is 0.265 e. The number of rotatable bonds is 5. The van der Waals surface area contributed by atoms with Gasteiger partial charge in [-0.1, -0.05) is 0 Å². The first-order valence-electron chi connectivity index (χ1n) is 11.3. The van der Waals surface area contributed by atoms with Crippen LogP contribution in [0.3, 0.4) is 0 Å². The Hall–Kier alpha value is -1.78. The number of alkyl halides is 2. The molecule has 0 bridgehead atoms. The monoisotopic (exact) mass is 471 g/mol. The number of hydroxylamine groups is 1. The van der Waals surface area contributed by atoms with Crippen molar-refractivity contribution in [1.82, 2.24) is 10.8 Å². The summed E-state index contributed by atoms with van der Waals surface area (Å²) in [5.41, 5.74) is 2.04. The average molecular weight is 472 g/mol. The standard InChI is InChI=1S/C22H31F2N3O4S/c23-22(24)7-5-17(6-8-22)26-16-1-3-18(4-2-16)32(30,31)21(19(28)27-29)10-9-20(15-21)11-13-25-14-12-20/h1-4,17,25-26,29H,5-15H2,(H,27,28). The molecular weight excluding hydrogens is 440 g/mol. The maximum atomic E-state index is 13.7. The van der Waals surface area contributed by atoms with Gasteiger partial charge in [0, 0.05) is 24.6 Å². The van der Waals surface area contributed by atoms with Crippen LogP contribution in [0, 0.1) is 5.41 Å². The van der Waals surface area contributed by atoms with Gasteiger partial charge in [-0.05, 0) is 87.7 Å². The molecule has 7 nitrogen and oxygen atoms in total. The van der Waals surface area contributed by atoms with Gasteiger partial charge >= 0.3 is 0 Å². The molecule has 0 aromatic heterocycles. The zero-order valence-corrected chi connectivity index (χ0v) is 18.8. The molecule has 1 aromatic carbocycles. The molecular formula is C22H31F2N3O4S. The van der Waals surface area contributed by atoms with Crippen LogP contribution in [0.15, 0.2) is 29.2 Å².